The molecule has 1 aromatic heterocycles. The average molecular weight is 352 g/mol. The molecule has 2 aliphatic heterocycles. The molecule has 1 amide bonds. The molecule has 6 heteroatoms. The van der Waals surface area contributed by atoms with Gasteiger partial charge in [-0.3, -0.25) is 20.6 Å². The Morgan fingerprint density at radius 2 is 2.00 bits per heavy atom. The van der Waals surface area contributed by atoms with Gasteiger partial charge in [-0.15, -0.1) is 0 Å². The summed E-state index contributed by atoms with van der Waals surface area (Å²) >= 11 is 0. The van der Waals surface area contributed by atoms with Crippen LogP contribution in [0.15, 0.2) is 54.9 Å². The number of carbonyl (C=O) groups is 1. The SMILES string of the molecule is O=C(COc1ccccc1)N1CCCC1C1NNCC1c1ccncc1. The summed E-state index contributed by atoms with van der Waals surface area (Å²) in [6.45, 7) is 1.73. The van der Waals surface area contributed by atoms with Crippen molar-refractivity contribution in [3.63, 3.8) is 0 Å². The Morgan fingerprint density at radius 1 is 1.19 bits per heavy atom. The molecule has 0 saturated carbocycles. The Morgan fingerprint density at radius 3 is 2.81 bits per heavy atom. The molecule has 26 heavy (non-hydrogen) atoms. The zero-order chi connectivity index (χ0) is 17.8. The van der Waals surface area contributed by atoms with E-state index in [1.54, 1.807) is 0 Å². The monoisotopic (exact) mass is 352 g/mol. The number of ether oxygens (including phenoxy) is 1. The predicted octanol–water partition coefficient (Wildman–Crippen LogP) is 1.71. The van der Waals surface area contributed by atoms with Crippen molar-refractivity contribution in [3.05, 3.63) is 60.4 Å². The summed E-state index contributed by atoms with van der Waals surface area (Å²) in [5.74, 6) is 1.11. The molecule has 0 bridgehead atoms. The van der Waals surface area contributed by atoms with Crippen molar-refractivity contribution < 1.29 is 9.53 Å². The molecule has 4 rings (SSSR count). The molecule has 1 aromatic carbocycles. The van der Waals surface area contributed by atoms with Crippen LogP contribution in [0.5, 0.6) is 5.75 Å². The molecule has 2 fully saturated rings. The van der Waals surface area contributed by atoms with Gasteiger partial charge in [0, 0.05) is 43.5 Å². The van der Waals surface area contributed by atoms with E-state index in [4.69, 9.17) is 4.74 Å². The summed E-state index contributed by atoms with van der Waals surface area (Å²) in [7, 11) is 0. The number of nitrogens with zero attached hydrogens (tertiary/aromatic N) is 2. The molecule has 2 saturated heterocycles. The molecule has 2 N–H and O–H groups in total. The molecular formula is C20H24N4O2. The standard InChI is InChI=1S/C20H24N4O2/c25-19(14-26-16-5-2-1-3-6-16)24-12-4-7-18(24)20-17(13-22-23-20)15-8-10-21-11-9-15/h1-3,5-6,8-11,17-18,20,22-23H,4,7,12-14H2. The first-order chi connectivity index (χ1) is 12.8. The first-order valence-corrected chi connectivity index (χ1v) is 9.18. The van der Waals surface area contributed by atoms with Crippen molar-refractivity contribution in [2.45, 2.75) is 30.8 Å². The van der Waals surface area contributed by atoms with Crippen LogP contribution in [0.25, 0.3) is 0 Å². The number of carbonyl (C=O) groups excluding carboxylic acids is 1. The highest BCUT2D eigenvalue weighted by molar-refractivity contribution is 5.78. The summed E-state index contributed by atoms with van der Waals surface area (Å²) in [6.07, 6.45) is 5.70. The molecule has 0 aliphatic carbocycles. The number of likely N-dealkylation sites (tertiary alicyclic amines) is 1. The van der Waals surface area contributed by atoms with Crippen molar-refractivity contribution in [3.8, 4) is 5.75 Å². The molecule has 2 aromatic rings. The summed E-state index contributed by atoms with van der Waals surface area (Å²) in [5.41, 5.74) is 7.93. The summed E-state index contributed by atoms with van der Waals surface area (Å²) in [6, 6.07) is 14.0. The van der Waals surface area contributed by atoms with Crippen molar-refractivity contribution in [1.82, 2.24) is 20.7 Å². The number of nitrogens with one attached hydrogen (secondary N) is 2. The van der Waals surface area contributed by atoms with Crippen molar-refractivity contribution >= 4 is 5.91 Å². The number of para-hydroxylation sites is 1. The van der Waals surface area contributed by atoms with Crippen LogP contribution in [-0.2, 0) is 4.79 Å². The zero-order valence-electron chi connectivity index (χ0n) is 14.7. The summed E-state index contributed by atoms with van der Waals surface area (Å²) < 4.78 is 5.67. The lowest BCUT2D eigenvalue weighted by Crippen LogP contribution is -2.50. The fourth-order valence-electron chi connectivity index (χ4n) is 4.03. The van der Waals surface area contributed by atoms with E-state index in [0.717, 1.165) is 31.7 Å². The number of rotatable bonds is 5. The predicted molar refractivity (Wildman–Crippen MR) is 98.6 cm³/mol. The van der Waals surface area contributed by atoms with Crippen LogP contribution >= 0.6 is 0 Å². The highest BCUT2D eigenvalue weighted by Crippen LogP contribution is 2.31. The van der Waals surface area contributed by atoms with E-state index in [0.29, 0.717) is 5.92 Å². The maximum absolute atomic E-state index is 12.8. The summed E-state index contributed by atoms with van der Waals surface area (Å²) in [4.78, 5) is 18.9. The minimum absolute atomic E-state index is 0.0542. The highest BCUT2D eigenvalue weighted by Gasteiger charge is 2.41. The van der Waals surface area contributed by atoms with Crippen LogP contribution in [0.2, 0.25) is 0 Å². The second kappa shape index (κ2) is 7.85. The van der Waals surface area contributed by atoms with Crippen LogP contribution in [0, 0.1) is 0 Å². The third-order valence-electron chi connectivity index (χ3n) is 5.30. The Labute approximate surface area is 153 Å². The van der Waals surface area contributed by atoms with E-state index < -0.39 is 0 Å². The number of pyridine rings is 1. The van der Waals surface area contributed by atoms with Crippen LogP contribution < -0.4 is 15.6 Å². The van der Waals surface area contributed by atoms with Gasteiger partial charge in [-0.1, -0.05) is 18.2 Å². The lowest BCUT2D eigenvalue weighted by molar-refractivity contribution is -0.134. The van der Waals surface area contributed by atoms with Crippen molar-refractivity contribution in [2.24, 2.45) is 0 Å². The minimum atomic E-state index is 0.0542. The third kappa shape index (κ3) is 3.57. The van der Waals surface area contributed by atoms with E-state index in [1.807, 2.05) is 47.6 Å². The molecule has 3 heterocycles. The molecule has 3 atom stereocenters. The second-order valence-electron chi connectivity index (χ2n) is 6.84. The van der Waals surface area contributed by atoms with Crippen LogP contribution in [0.1, 0.15) is 24.3 Å². The Bertz CT molecular complexity index is 725. The van der Waals surface area contributed by atoms with Gasteiger partial charge in [0.2, 0.25) is 0 Å². The van der Waals surface area contributed by atoms with Gasteiger partial charge < -0.3 is 9.64 Å². The van der Waals surface area contributed by atoms with Gasteiger partial charge >= 0.3 is 0 Å². The van der Waals surface area contributed by atoms with Gasteiger partial charge in [-0.2, -0.15) is 0 Å². The normalized spacial score (nSPS) is 25.4. The minimum Gasteiger partial charge on any atom is -0.484 e. The number of hydrogen-bond acceptors (Lipinski definition) is 5. The number of benzene rings is 1. The van der Waals surface area contributed by atoms with Crippen LogP contribution in [0.4, 0.5) is 0 Å². The Hall–Kier alpha value is -2.44. The van der Waals surface area contributed by atoms with Gasteiger partial charge in [0.15, 0.2) is 6.61 Å². The average Bonchev–Trinajstić information content (AvgIpc) is 3.36. The lowest BCUT2D eigenvalue weighted by atomic mass is 9.88. The lowest BCUT2D eigenvalue weighted by Gasteiger charge is -2.32. The van der Waals surface area contributed by atoms with E-state index >= 15 is 0 Å². The smallest absolute Gasteiger partial charge is 0.260 e. The quantitative estimate of drug-likeness (QED) is 0.858. The number of amides is 1. The zero-order valence-corrected chi connectivity index (χ0v) is 14.7. The van der Waals surface area contributed by atoms with Gasteiger partial charge in [0.25, 0.3) is 5.91 Å². The number of aromatic nitrogens is 1. The molecular weight excluding hydrogens is 328 g/mol. The molecule has 2 aliphatic rings. The van der Waals surface area contributed by atoms with Crippen LogP contribution in [-0.4, -0.2) is 47.6 Å². The fourth-order valence-corrected chi connectivity index (χ4v) is 4.03. The Kier molecular flexibility index (Phi) is 5.13. The molecule has 136 valence electrons. The topological polar surface area (TPSA) is 66.5 Å². The van der Waals surface area contributed by atoms with Gasteiger partial charge in [0.05, 0.1) is 0 Å². The highest BCUT2D eigenvalue weighted by atomic mass is 16.5. The molecule has 0 spiro atoms. The second-order valence-corrected chi connectivity index (χ2v) is 6.84. The van der Waals surface area contributed by atoms with Gasteiger partial charge in [0.1, 0.15) is 5.75 Å². The number of hydrogen-bond donors (Lipinski definition) is 2. The van der Waals surface area contributed by atoms with Crippen molar-refractivity contribution in [2.75, 3.05) is 19.7 Å². The molecule has 6 nitrogen and oxygen atoms in total. The van der Waals surface area contributed by atoms with Gasteiger partial charge in [-0.25, -0.2) is 0 Å². The van der Waals surface area contributed by atoms with E-state index in [1.165, 1.54) is 5.56 Å². The van der Waals surface area contributed by atoms with Gasteiger partial charge in [-0.05, 0) is 42.7 Å². The number of hydrazine groups is 1. The van der Waals surface area contributed by atoms with Crippen molar-refractivity contribution in [1.29, 1.82) is 0 Å². The first kappa shape index (κ1) is 17.0. The maximum atomic E-state index is 12.8. The maximum Gasteiger partial charge on any atom is 0.260 e. The molecule has 0 radical (unpaired) electrons. The Balaban J connectivity index is 1.43. The van der Waals surface area contributed by atoms with E-state index in [2.05, 4.69) is 28.0 Å². The van der Waals surface area contributed by atoms with Crippen LogP contribution in [0.3, 0.4) is 0 Å². The first-order valence-electron chi connectivity index (χ1n) is 9.18. The molecule has 3 unspecified atom stereocenters. The third-order valence-corrected chi connectivity index (χ3v) is 5.30. The largest absolute Gasteiger partial charge is 0.484 e. The van der Waals surface area contributed by atoms with E-state index in [-0.39, 0.29) is 24.6 Å². The van der Waals surface area contributed by atoms with E-state index in [9.17, 15) is 4.79 Å². The summed E-state index contributed by atoms with van der Waals surface area (Å²) in [5, 5.41) is 0. The fraction of sp³-hybridized carbons (Fsp3) is 0.400.